The summed E-state index contributed by atoms with van der Waals surface area (Å²) < 4.78 is 1.41. The number of nitrogens with two attached hydrogens (primary N) is 1. The van der Waals surface area contributed by atoms with E-state index in [4.69, 9.17) is 5.73 Å². The maximum Gasteiger partial charge on any atom is 0.390 e. The summed E-state index contributed by atoms with van der Waals surface area (Å²) in [5.74, 6) is -0.676. The summed E-state index contributed by atoms with van der Waals surface area (Å²) in [6, 6.07) is 9.10. The first-order chi connectivity index (χ1) is 7.65. The van der Waals surface area contributed by atoms with Crippen molar-refractivity contribution in [2.45, 2.75) is 12.8 Å². The fourth-order valence-corrected chi connectivity index (χ4v) is 1.29. The van der Waals surface area contributed by atoms with Crippen molar-refractivity contribution in [3.8, 4) is 0 Å². The second kappa shape index (κ2) is 5.70. The van der Waals surface area contributed by atoms with E-state index < -0.39 is 5.91 Å². The molecule has 1 aromatic rings. The summed E-state index contributed by atoms with van der Waals surface area (Å²) in [5, 5.41) is 0. The molecule has 0 unspecified atom stereocenters. The lowest BCUT2D eigenvalue weighted by Crippen LogP contribution is -2.20. The third-order valence-corrected chi connectivity index (χ3v) is 2.07. The van der Waals surface area contributed by atoms with Gasteiger partial charge < -0.3 is 12.7 Å². The Balaban J connectivity index is 2.77. The molecule has 0 saturated heterocycles. The molecule has 0 atom stereocenters. The van der Waals surface area contributed by atoms with Crippen LogP contribution in [0.15, 0.2) is 30.3 Å². The smallest absolute Gasteiger partial charge is 0.370 e. The summed E-state index contributed by atoms with van der Waals surface area (Å²) in [5.41, 5.74) is 5.71. The molecule has 0 saturated carbocycles. The summed E-state index contributed by atoms with van der Waals surface area (Å²) in [6.45, 7) is 3.57. The number of primary amides is 1. The molecule has 0 heterocycles. The molecular formula is C12H14N2O2. The highest BCUT2D eigenvalue weighted by Crippen LogP contribution is 2.11. The van der Waals surface area contributed by atoms with E-state index in [0.717, 1.165) is 5.69 Å². The molecule has 0 bridgehead atoms. The number of benzene rings is 1. The SMILES string of the molecule is [CH2-]/C=[N+](/C(=O)CCC(N)=O)c1ccccc1. The van der Waals surface area contributed by atoms with Crippen molar-refractivity contribution in [1.82, 2.24) is 0 Å². The first-order valence-electron chi connectivity index (χ1n) is 4.93. The highest BCUT2D eigenvalue weighted by Gasteiger charge is 2.17. The molecule has 0 spiro atoms. The molecular weight excluding hydrogens is 204 g/mol. The Morgan fingerprint density at radius 3 is 2.38 bits per heavy atom. The van der Waals surface area contributed by atoms with Crippen molar-refractivity contribution in [3.63, 3.8) is 0 Å². The lowest BCUT2D eigenvalue weighted by molar-refractivity contribution is -0.362. The van der Waals surface area contributed by atoms with Crippen LogP contribution in [-0.4, -0.2) is 22.6 Å². The lowest BCUT2D eigenvalue weighted by atomic mass is 10.2. The fraction of sp³-hybridized carbons (Fsp3) is 0.167. The van der Waals surface area contributed by atoms with Gasteiger partial charge in [-0.2, -0.15) is 4.58 Å². The number of carbonyl (C=O) groups is 2. The zero-order chi connectivity index (χ0) is 12.0. The Morgan fingerprint density at radius 1 is 1.25 bits per heavy atom. The first-order valence-corrected chi connectivity index (χ1v) is 4.93. The summed E-state index contributed by atoms with van der Waals surface area (Å²) in [4.78, 5) is 22.3. The normalized spacial score (nSPS) is 11.1. The van der Waals surface area contributed by atoms with Gasteiger partial charge in [0.25, 0.3) is 0 Å². The highest BCUT2D eigenvalue weighted by atomic mass is 16.2. The van der Waals surface area contributed by atoms with Crippen molar-refractivity contribution in [1.29, 1.82) is 0 Å². The molecule has 4 heteroatoms. The van der Waals surface area contributed by atoms with Gasteiger partial charge >= 0.3 is 5.91 Å². The minimum absolute atomic E-state index is 0.0516. The summed E-state index contributed by atoms with van der Waals surface area (Å²) in [7, 11) is 0. The predicted octanol–water partition coefficient (Wildman–Crippen LogP) is 1.03. The molecule has 0 fully saturated rings. The Labute approximate surface area is 94.4 Å². The molecule has 1 aromatic carbocycles. The summed E-state index contributed by atoms with van der Waals surface area (Å²) in [6.07, 6.45) is 1.57. The minimum Gasteiger partial charge on any atom is -0.370 e. The Morgan fingerprint density at radius 2 is 1.88 bits per heavy atom. The van der Waals surface area contributed by atoms with Gasteiger partial charge in [-0.15, -0.1) is 0 Å². The standard InChI is InChI=1S/C12H14N2O2/c1-2-14(10-6-4-3-5-7-10)12(16)9-8-11(13)15/h2-7H,1,8-9H2,(H2,13,15)/b14-2+. The van der Waals surface area contributed by atoms with E-state index in [-0.39, 0.29) is 18.7 Å². The lowest BCUT2D eigenvalue weighted by Gasteiger charge is -2.00. The van der Waals surface area contributed by atoms with E-state index in [2.05, 4.69) is 6.92 Å². The molecule has 0 aliphatic carbocycles. The van der Waals surface area contributed by atoms with Gasteiger partial charge in [-0.1, -0.05) is 18.2 Å². The van der Waals surface area contributed by atoms with Crippen LogP contribution < -0.4 is 5.73 Å². The van der Waals surface area contributed by atoms with E-state index in [1.54, 1.807) is 12.1 Å². The zero-order valence-corrected chi connectivity index (χ0v) is 8.93. The molecule has 0 radical (unpaired) electrons. The number of para-hydroxylation sites is 1. The van der Waals surface area contributed by atoms with Crippen LogP contribution in [0, 0.1) is 6.92 Å². The average Bonchev–Trinajstić information content (AvgIpc) is 2.29. The quantitative estimate of drug-likeness (QED) is 0.466. The first kappa shape index (κ1) is 12.0. The number of amides is 2. The van der Waals surface area contributed by atoms with Crippen molar-refractivity contribution >= 4 is 23.7 Å². The van der Waals surface area contributed by atoms with Gasteiger partial charge in [-0.25, -0.2) is 4.79 Å². The number of rotatable bonds is 4. The third kappa shape index (κ3) is 3.24. The van der Waals surface area contributed by atoms with Gasteiger partial charge in [0.15, 0.2) is 0 Å². The number of hydrogen-bond acceptors (Lipinski definition) is 2. The topological polar surface area (TPSA) is 63.2 Å². The van der Waals surface area contributed by atoms with Gasteiger partial charge in [-0.3, -0.25) is 4.79 Å². The Kier molecular flexibility index (Phi) is 4.27. The minimum atomic E-state index is -0.481. The van der Waals surface area contributed by atoms with Gasteiger partial charge in [-0.05, 0) is 0 Å². The molecule has 1 rings (SSSR count). The Hall–Kier alpha value is -2.10. The number of carbonyl (C=O) groups excluding carboxylic acids is 2. The van der Waals surface area contributed by atoms with Crippen LogP contribution in [-0.2, 0) is 9.59 Å². The zero-order valence-electron chi connectivity index (χ0n) is 8.93. The van der Waals surface area contributed by atoms with E-state index >= 15 is 0 Å². The van der Waals surface area contributed by atoms with Gasteiger partial charge in [0, 0.05) is 24.8 Å². The summed E-state index contributed by atoms with van der Waals surface area (Å²) >= 11 is 0. The fourth-order valence-electron chi connectivity index (χ4n) is 1.29. The third-order valence-electron chi connectivity index (χ3n) is 2.07. The van der Waals surface area contributed by atoms with E-state index in [0.29, 0.717) is 0 Å². The van der Waals surface area contributed by atoms with Crippen molar-refractivity contribution in [3.05, 3.63) is 37.3 Å². The van der Waals surface area contributed by atoms with E-state index in [9.17, 15) is 9.59 Å². The van der Waals surface area contributed by atoms with Crippen LogP contribution in [0.4, 0.5) is 5.69 Å². The molecule has 4 nitrogen and oxygen atoms in total. The molecule has 84 valence electrons. The molecule has 2 amide bonds. The van der Waals surface area contributed by atoms with E-state index in [1.165, 1.54) is 10.8 Å². The van der Waals surface area contributed by atoms with Gasteiger partial charge in [0.1, 0.15) is 0 Å². The van der Waals surface area contributed by atoms with Crippen molar-refractivity contribution in [2.75, 3.05) is 0 Å². The van der Waals surface area contributed by atoms with Crippen LogP contribution in [0.1, 0.15) is 12.8 Å². The molecule has 2 N–H and O–H groups in total. The molecule has 0 aliphatic rings. The van der Waals surface area contributed by atoms with Gasteiger partial charge in [0.2, 0.25) is 11.6 Å². The van der Waals surface area contributed by atoms with Crippen molar-refractivity contribution < 1.29 is 14.2 Å². The Bertz CT molecular complexity index is 410. The number of nitrogens with zero attached hydrogens (tertiary/aromatic N) is 1. The average molecular weight is 218 g/mol. The second-order valence-corrected chi connectivity index (χ2v) is 3.25. The van der Waals surface area contributed by atoms with Gasteiger partial charge in [0.05, 0.1) is 6.42 Å². The highest BCUT2D eigenvalue weighted by molar-refractivity contribution is 5.82. The predicted molar refractivity (Wildman–Crippen MR) is 61.2 cm³/mol. The van der Waals surface area contributed by atoms with Crippen LogP contribution in [0.3, 0.4) is 0 Å². The maximum absolute atomic E-state index is 11.7. The monoisotopic (exact) mass is 218 g/mol. The van der Waals surface area contributed by atoms with Crippen LogP contribution >= 0.6 is 0 Å². The maximum atomic E-state index is 11.7. The second-order valence-electron chi connectivity index (χ2n) is 3.25. The number of hydrogen-bond donors (Lipinski definition) is 1. The molecule has 0 aromatic heterocycles. The van der Waals surface area contributed by atoms with Crippen molar-refractivity contribution in [2.24, 2.45) is 5.73 Å². The molecule has 16 heavy (non-hydrogen) atoms. The van der Waals surface area contributed by atoms with Crippen LogP contribution in [0.2, 0.25) is 0 Å². The van der Waals surface area contributed by atoms with Crippen LogP contribution in [0.5, 0.6) is 0 Å². The largest absolute Gasteiger partial charge is 0.390 e. The van der Waals surface area contributed by atoms with E-state index in [1.807, 2.05) is 18.2 Å². The van der Waals surface area contributed by atoms with Crippen LogP contribution in [0.25, 0.3) is 0 Å². The molecule has 0 aliphatic heterocycles.